The first-order chi connectivity index (χ1) is 56.5. The first kappa shape index (κ1) is 198. The van der Waals surface area contributed by atoms with Gasteiger partial charge in [0.05, 0.1) is 65.5 Å². The van der Waals surface area contributed by atoms with Crippen molar-refractivity contribution in [1.82, 2.24) is 0 Å². The number of carbonyl (C=O) groups excluding carboxylic acids is 2. The van der Waals surface area contributed by atoms with E-state index >= 15 is 0 Å². The number of aliphatic hydroxyl groups is 10. The Balaban J connectivity index is -0.0000000602. The molecule has 0 amide bonds. The van der Waals surface area contributed by atoms with Gasteiger partial charge in [0, 0.05) is 0 Å². The van der Waals surface area contributed by atoms with Gasteiger partial charge in [-0.2, -0.15) is 6.10 Å². The molecule has 0 bridgehead atoms. The molecular weight excluding hydrogens is 2270 g/mol. The van der Waals surface area contributed by atoms with Crippen LogP contribution >= 0.6 is 0 Å². The van der Waals surface area contributed by atoms with Gasteiger partial charge in [-0.1, -0.05) is 30.3 Å². The number of nitrogens with one attached hydrogen (secondary N) is 4. The van der Waals surface area contributed by atoms with E-state index in [1.165, 1.54) is 19.4 Å². The summed E-state index contributed by atoms with van der Waals surface area (Å²) in [6, 6.07) is -4.40. The second-order valence-electron chi connectivity index (χ2n) is 26.1. The van der Waals surface area contributed by atoms with Crippen molar-refractivity contribution in [1.29, 1.82) is 0 Å². The third kappa shape index (κ3) is 138. The third-order valence-electron chi connectivity index (χ3n) is 11.7. The zero-order valence-corrected chi connectivity index (χ0v) is 111. The first-order valence-electron chi connectivity index (χ1n) is 32.0. The van der Waals surface area contributed by atoms with E-state index in [1.807, 2.05) is 62.3 Å². The summed E-state index contributed by atoms with van der Waals surface area (Å²) in [5, 5.41) is 117. The van der Waals surface area contributed by atoms with E-state index in [2.05, 4.69) is 32.6 Å². The molecule has 6 rings (SSSR count). The van der Waals surface area contributed by atoms with Crippen LogP contribution in [0.3, 0.4) is 0 Å². The molecule has 20 N–H and O–H groups in total. The standard InChI is InChI=1S/C15H25NO10.C15H25NO7.C10H19NO4.C10H18NO3.CH2O3.12Na.6H2O4S.4O3S/c1-4(2)23-15-10(20)9(19)11(12(26-15)13(21)22)25-14-6(16)8(18)7(17)5(3)24-14;1-7-11(18)12(19)10(16)14(21-7)22-8-5-9(17)13(20-6-8)23-15(2,3)4;1-5-7(12)8(13)6(11)9(14-5)15-10(2,3)4;1-6-8(12)5-7(11)9(13-6)14-10(2,3)4;2-1-4-3;;;;;;;;;;;;;6*1-5(2,3)4;4*1-4(2)3/h4-12,14-20H,3H2,1-2H3,(H,21,22);5-14,16-19H,1H2,2-4H3;5-9,11-13H,1H2,2-4H3;5-9,11-12H,1H2,2-4H3;1,3H;;;;;;;;;;;;;6*(H2,1,2,3,4);;;;/q-2;-4;-2;-3;;12*+1;;;;;;;;;;/p-8/t5?,6?,7-,8-,9-,10?,11+,12?,14-,15-;7?,8-,9?,10?,11+,12+,13-,14+;5?,6?,7-,8-,9-;6?,7?,8-,9+;;;;;;;;;;;;;;;;;;;;;;;/m1010......................./s1. The molecule has 774 valence electrons. The van der Waals surface area contributed by atoms with Crippen LogP contribution in [0.4, 0.5) is 0 Å². The fourth-order valence-electron chi connectivity index (χ4n) is 7.65. The van der Waals surface area contributed by atoms with Gasteiger partial charge >= 0.3 is 397 Å². The maximum atomic E-state index is 11.4. The van der Waals surface area contributed by atoms with Crippen LogP contribution in [0.2, 0.25) is 0 Å². The second kappa shape index (κ2) is 98.5. The predicted molar refractivity (Wildman–Crippen MR) is 388 cm³/mol. The zero-order valence-electron chi connectivity index (χ0n) is 78.7. The minimum atomic E-state index is -4.92. The van der Waals surface area contributed by atoms with Crippen molar-refractivity contribution in [2.24, 2.45) is 0 Å². The molecule has 11 unspecified atom stereocenters. The topological polar surface area (TPSA) is 1170 Å². The molecular formula is C51H93N4Na12O63S10-7. The molecule has 0 aromatic rings. The number of rotatable bonds is 11. The summed E-state index contributed by atoms with van der Waals surface area (Å²) in [4.78, 5) is 22.6. The van der Waals surface area contributed by atoms with Gasteiger partial charge in [-0.05, 0) is 101 Å². The van der Waals surface area contributed by atoms with Gasteiger partial charge in [-0.25, -0.2) is 63.2 Å². The van der Waals surface area contributed by atoms with E-state index in [1.54, 1.807) is 13.8 Å². The van der Waals surface area contributed by atoms with Gasteiger partial charge < -0.3 is 212 Å². The number of hydrogen-bond donors (Lipinski definition) is 16. The van der Waals surface area contributed by atoms with Crippen molar-refractivity contribution in [2.45, 2.75) is 265 Å². The molecule has 67 nitrogen and oxygen atoms in total. The van der Waals surface area contributed by atoms with Gasteiger partial charge in [0.1, 0.15) is 55.9 Å². The molecule has 6 fully saturated rings. The van der Waals surface area contributed by atoms with Crippen molar-refractivity contribution in [3.05, 3.63) is 70.1 Å². The van der Waals surface area contributed by atoms with E-state index in [0.29, 0.717) is 0 Å². The molecule has 0 spiro atoms. The second-order valence-corrected chi connectivity index (χ2v) is 32.9. The number of hydrogen-bond acceptors (Lipinski definition) is 57. The summed E-state index contributed by atoms with van der Waals surface area (Å²) in [5.74, 6) is -1.73. The van der Waals surface area contributed by atoms with E-state index in [4.69, 9.17) is 245 Å². The average Bonchev–Trinajstić information content (AvgIpc) is 0.769. The predicted octanol–water partition coefficient (Wildman–Crippen LogP) is -49.0. The zero-order chi connectivity index (χ0) is 105. The molecule has 0 aromatic carbocycles. The Morgan fingerprint density at radius 2 is 0.607 bits per heavy atom. The van der Waals surface area contributed by atoms with E-state index < -0.39 is 294 Å². The largest absolute Gasteiger partial charge is 1.00 e. The maximum absolute atomic E-state index is 11.4. The van der Waals surface area contributed by atoms with Crippen LogP contribution in [-0.2, 0) is 176 Å². The Hall–Kier alpha value is 7.56. The quantitative estimate of drug-likeness (QED) is 0.0174. The van der Waals surface area contributed by atoms with Crippen molar-refractivity contribution in [3.63, 3.8) is 0 Å². The number of ether oxygens (including phenoxy) is 12. The minimum absolute atomic E-state index is 0. The molecule has 0 aliphatic carbocycles. The number of carbonyl (C=O) groups is 2. The molecule has 0 radical (unpaired) electrons. The Kier molecular flexibility index (Phi) is 139. The van der Waals surface area contributed by atoms with Crippen LogP contribution < -0.4 is 365 Å². The summed E-state index contributed by atoms with van der Waals surface area (Å²) in [6.07, 6.45) is -24.7. The average molecular weight is 2370 g/mol. The molecule has 6 aliphatic rings. The van der Waals surface area contributed by atoms with Crippen LogP contribution in [0.1, 0.15) is 76.2 Å². The van der Waals surface area contributed by atoms with Crippen molar-refractivity contribution < 1.29 is 643 Å². The van der Waals surface area contributed by atoms with E-state index in [-0.39, 0.29) is 367 Å². The van der Waals surface area contributed by atoms with Crippen molar-refractivity contribution >= 4 is 117 Å². The summed E-state index contributed by atoms with van der Waals surface area (Å²) in [6.45, 7) is 35.3. The Bertz CT molecular complexity index is 3960. The molecule has 6 aliphatic heterocycles. The van der Waals surface area contributed by atoms with Crippen LogP contribution in [0.25, 0.3) is 22.9 Å². The van der Waals surface area contributed by atoms with Crippen LogP contribution in [0.15, 0.2) is 0 Å². The molecule has 0 aromatic heterocycles. The molecule has 6 saturated heterocycles. The van der Waals surface area contributed by atoms with E-state index in [0.717, 1.165) is 0 Å². The smallest absolute Gasteiger partial charge is 0.726 e. The van der Waals surface area contributed by atoms with Crippen LogP contribution in [0, 0.1) is 47.1 Å². The third-order valence-corrected chi connectivity index (χ3v) is 11.7. The van der Waals surface area contributed by atoms with Gasteiger partial charge in [-0.15, -0.1) is 50.5 Å². The summed E-state index contributed by atoms with van der Waals surface area (Å²) in [5.41, 5.74) is 29.6. The molecule has 140 heavy (non-hydrogen) atoms. The maximum Gasteiger partial charge on any atom is 1.00 e. The van der Waals surface area contributed by atoms with E-state index in [9.17, 15) is 61.0 Å². The minimum Gasteiger partial charge on any atom is -0.726 e. The summed E-state index contributed by atoms with van der Waals surface area (Å²) >= 11 is 0. The molecule has 27 atom stereocenters. The van der Waals surface area contributed by atoms with Gasteiger partial charge in [0.2, 0.25) is 62.4 Å². The van der Waals surface area contributed by atoms with Gasteiger partial charge in [0.15, 0.2) is 6.29 Å². The van der Waals surface area contributed by atoms with Crippen molar-refractivity contribution in [2.75, 3.05) is 0 Å². The fourth-order valence-corrected chi connectivity index (χ4v) is 7.65. The first-order valence-corrected chi connectivity index (χ1v) is 44.2. The van der Waals surface area contributed by atoms with Crippen LogP contribution in [0.5, 0.6) is 0 Å². The van der Waals surface area contributed by atoms with Gasteiger partial charge in [-0.3, -0.25) is 38.5 Å². The number of aliphatic hydroxyl groups excluding tert-OH is 10. The Morgan fingerprint density at radius 1 is 0.379 bits per heavy atom. The van der Waals surface area contributed by atoms with Crippen molar-refractivity contribution in [3.8, 4) is 0 Å². The van der Waals surface area contributed by atoms with Gasteiger partial charge in [0.25, 0.3) is 6.47 Å². The number of carboxylic acid groups (broad SMARTS) is 1. The summed E-state index contributed by atoms with van der Waals surface area (Å²) in [7, 11) is -41.9. The normalized spacial score (nSPS) is 28.2. The monoisotopic (exact) mass is 2370 g/mol. The molecule has 6 heterocycles. The Morgan fingerprint density at radius 3 is 0.843 bits per heavy atom. The fraction of sp³-hybridized carbons (Fsp3) is 0.824. The Labute approximate surface area is 1080 Å². The number of carboxylic acids is 1. The summed E-state index contributed by atoms with van der Waals surface area (Å²) < 4.78 is 362. The molecule has 0 saturated carbocycles. The molecule has 89 heteroatoms. The SMILES string of the molecule is O=CO[O-].O=S(=O)([O-])O.O=S(=O)([O-])O.O=S(=O)([O-])O.O=S(=O)([O-])O.O=S(=O)([O-])O.O=S(=O)([O-])O.O=S(=O)=O.O=S(=O)=O.O=S(=O)=O.O=S(=O)=O.[CH2-]C1O[C@H](OC(C)(C)C)C([NH-])[C@@H](O)[C@@H]1O.[CH2-]C1O[C@H](OC(C)(C)C)C([NH-])[CH-][C@@H]1O.[CH2-]C1O[C@H](O[C@@H]2C(C(=O)[O-])O[C@@H](OC(C)C)C(O)[C@H]2O)C([NH-])[C@@H](O)[C@@H]1O.[CH2-]C1O[C@H](O[C@@H]2[CH-]O[C@@H](OC(C)(C)C)C(O)[CH-]2)C([NH-])[C@@H](O)[C@@H]1O.[Na+].[Na+].[Na+].[Na+].[Na+].[Na+].[Na+].[Na+].[Na+].[Na+].[Na+].[Na+]. The number of aliphatic carboxylic acids is 1. The van der Waals surface area contributed by atoms with Crippen LogP contribution in [-0.4, -0.2) is 408 Å².